The molecule has 0 aliphatic heterocycles. The van der Waals surface area contributed by atoms with Crippen molar-refractivity contribution in [3.8, 4) is 89.0 Å². The minimum absolute atomic E-state index is 0.892. The third-order valence-corrected chi connectivity index (χ3v) is 23.3. The zero-order valence-electron chi connectivity index (χ0n) is 60.6. The summed E-state index contributed by atoms with van der Waals surface area (Å²) in [5.74, 6) is 0. The van der Waals surface area contributed by atoms with Crippen molar-refractivity contribution in [2.75, 3.05) is 0 Å². The van der Waals surface area contributed by atoms with Crippen molar-refractivity contribution < 1.29 is 17.7 Å². The molecule has 0 spiro atoms. The van der Waals surface area contributed by atoms with Crippen LogP contribution in [0.25, 0.3) is 241 Å². The third kappa shape index (κ3) is 10.1. The average Bonchev–Trinajstić information content (AvgIpc) is 0.773. The van der Waals surface area contributed by atoms with Crippen LogP contribution in [0.4, 0.5) is 0 Å². The fourth-order valence-corrected chi connectivity index (χ4v) is 18.2. The van der Waals surface area contributed by atoms with Gasteiger partial charge in [-0.15, -0.1) is 0 Å². The minimum Gasteiger partial charge on any atom is -0.456 e. The van der Waals surface area contributed by atoms with Crippen LogP contribution in [-0.4, -0.2) is 0 Å². The molecule has 0 aliphatic rings. The molecule has 4 nitrogen and oxygen atoms in total. The van der Waals surface area contributed by atoms with Gasteiger partial charge in [0.1, 0.15) is 44.7 Å². The lowest BCUT2D eigenvalue weighted by molar-refractivity contribution is 0.668. The Morgan fingerprint density at radius 2 is 0.420 bits per heavy atom. The van der Waals surface area contributed by atoms with Crippen LogP contribution in [0.2, 0.25) is 0 Å². The van der Waals surface area contributed by atoms with Gasteiger partial charge in [0.25, 0.3) is 0 Å². The fourth-order valence-electron chi connectivity index (χ4n) is 18.2. The van der Waals surface area contributed by atoms with Gasteiger partial charge in [0, 0.05) is 54.2 Å². The number of hydrogen-bond acceptors (Lipinski definition) is 4. The summed E-state index contributed by atoms with van der Waals surface area (Å²) < 4.78 is 26.2. The average molecular weight is 1430 g/mol. The molecule has 0 atom stereocenters. The molecule has 0 saturated heterocycles. The van der Waals surface area contributed by atoms with Gasteiger partial charge in [0.2, 0.25) is 0 Å². The molecule has 24 rings (SSSR count). The van der Waals surface area contributed by atoms with Crippen molar-refractivity contribution in [2.24, 2.45) is 0 Å². The maximum absolute atomic E-state index is 6.67. The molecule has 4 heteroatoms. The Morgan fingerprint density at radius 3 is 0.821 bits per heavy atom. The van der Waals surface area contributed by atoms with Crippen molar-refractivity contribution in [2.45, 2.75) is 0 Å². The molecule has 20 aromatic carbocycles. The highest BCUT2D eigenvalue weighted by Gasteiger charge is 2.25. The molecule has 112 heavy (non-hydrogen) atoms. The molecule has 520 valence electrons. The summed E-state index contributed by atoms with van der Waals surface area (Å²) in [6, 6.07) is 140. The van der Waals surface area contributed by atoms with Crippen molar-refractivity contribution >= 4 is 152 Å². The molecule has 0 bridgehead atoms. The number of benzene rings is 20. The van der Waals surface area contributed by atoms with E-state index in [1.165, 1.54) is 120 Å². The molecule has 0 saturated carbocycles. The number of rotatable bonds is 8. The lowest BCUT2D eigenvalue weighted by Gasteiger charge is -2.19. The highest BCUT2D eigenvalue weighted by molar-refractivity contribution is 6.26. The maximum Gasteiger partial charge on any atom is 0.143 e. The van der Waals surface area contributed by atoms with E-state index in [4.69, 9.17) is 17.7 Å². The van der Waals surface area contributed by atoms with E-state index >= 15 is 0 Å². The van der Waals surface area contributed by atoms with Gasteiger partial charge < -0.3 is 17.7 Å². The van der Waals surface area contributed by atoms with Crippen LogP contribution >= 0.6 is 0 Å². The summed E-state index contributed by atoms with van der Waals surface area (Å²) in [6.07, 6.45) is 0. The molecule has 0 unspecified atom stereocenters. The SMILES string of the molecule is c1ccc(-c2cc(-c3c4cccc(-c5ccc6c(c5)oc5ccccc56)c4cc4c(-c5ccc6c(c5)oc5ccccc56)cccc34)c3ccccc3c2)cc1.c1ccc(-c2cc(-c3c4cccc(-c5cccc6c5oc5ccccc56)c4cc4c(-c5cccc6c5oc5ccccc56)cccc34)c3ccccc3c2)cc1. The first-order valence-corrected chi connectivity index (χ1v) is 38.3. The normalized spacial score (nSPS) is 11.9. The Labute approximate surface area is 643 Å². The van der Waals surface area contributed by atoms with Crippen LogP contribution in [0.3, 0.4) is 0 Å². The summed E-state index contributed by atoms with van der Waals surface area (Å²) in [5.41, 5.74) is 25.8. The Morgan fingerprint density at radius 1 is 0.125 bits per heavy atom. The second kappa shape index (κ2) is 25.4. The van der Waals surface area contributed by atoms with Crippen LogP contribution < -0.4 is 0 Å². The Hall–Kier alpha value is -14.8. The van der Waals surface area contributed by atoms with Crippen molar-refractivity contribution in [1.82, 2.24) is 0 Å². The van der Waals surface area contributed by atoms with Crippen LogP contribution in [0.5, 0.6) is 0 Å². The van der Waals surface area contributed by atoms with Crippen molar-refractivity contribution in [3.63, 3.8) is 0 Å². The topological polar surface area (TPSA) is 52.6 Å². The van der Waals surface area contributed by atoms with Crippen LogP contribution in [0.15, 0.2) is 406 Å². The van der Waals surface area contributed by atoms with Gasteiger partial charge in [0.15, 0.2) is 0 Å². The molecular weight excluding hydrogens is 1360 g/mol. The lowest BCUT2D eigenvalue weighted by Crippen LogP contribution is -1.92. The van der Waals surface area contributed by atoms with E-state index in [1.54, 1.807) is 0 Å². The predicted molar refractivity (Wildman–Crippen MR) is 471 cm³/mol. The fraction of sp³-hybridized carbons (Fsp3) is 0. The first-order valence-electron chi connectivity index (χ1n) is 38.3. The van der Waals surface area contributed by atoms with E-state index < -0.39 is 0 Å². The quantitative estimate of drug-likeness (QED) is 0.142. The Kier molecular flexibility index (Phi) is 14.3. The van der Waals surface area contributed by atoms with Gasteiger partial charge in [-0.25, -0.2) is 0 Å². The summed E-state index contributed by atoms with van der Waals surface area (Å²) in [4.78, 5) is 0. The highest BCUT2D eigenvalue weighted by atomic mass is 16.3. The number of hydrogen-bond donors (Lipinski definition) is 0. The van der Waals surface area contributed by atoms with Crippen molar-refractivity contribution in [3.05, 3.63) is 388 Å². The molecule has 0 fully saturated rings. The number of furan rings is 4. The molecule has 0 N–H and O–H groups in total. The monoisotopic (exact) mass is 1420 g/mol. The van der Waals surface area contributed by atoms with Crippen LogP contribution in [0, 0.1) is 0 Å². The van der Waals surface area contributed by atoms with E-state index in [0.717, 1.165) is 121 Å². The Bertz CT molecular complexity index is 7660. The molecule has 4 heterocycles. The first-order chi connectivity index (χ1) is 55.5. The summed E-state index contributed by atoms with van der Waals surface area (Å²) in [7, 11) is 0. The smallest absolute Gasteiger partial charge is 0.143 e. The van der Waals surface area contributed by atoms with Gasteiger partial charge in [-0.2, -0.15) is 0 Å². The Balaban J connectivity index is 0.000000134. The van der Waals surface area contributed by atoms with Crippen molar-refractivity contribution in [1.29, 1.82) is 0 Å². The number of fused-ring (bicyclic) bond motifs is 18. The zero-order valence-corrected chi connectivity index (χ0v) is 60.6. The lowest BCUT2D eigenvalue weighted by atomic mass is 9.84. The summed E-state index contributed by atoms with van der Waals surface area (Å²) >= 11 is 0. The molecule has 0 aliphatic carbocycles. The molecule has 4 aromatic heterocycles. The first kappa shape index (κ1) is 63.3. The van der Waals surface area contributed by atoms with Gasteiger partial charge in [-0.1, -0.05) is 303 Å². The number of para-hydroxylation sites is 6. The molecular formula is C108H64O4. The third-order valence-electron chi connectivity index (χ3n) is 23.3. The van der Waals surface area contributed by atoms with Gasteiger partial charge in [-0.05, 0) is 227 Å². The largest absolute Gasteiger partial charge is 0.456 e. The molecule has 0 radical (unpaired) electrons. The highest BCUT2D eigenvalue weighted by Crippen LogP contribution is 2.51. The second-order valence-electron chi connectivity index (χ2n) is 29.5. The van der Waals surface area contributed by atoms with E-state index in [-0.39, 0.29) is 0 Å². The standard InChI is InChI=1S/2C54H32O2/c1-2-14-33(15-3-1)35-30-34-16-4-5-17-36(34)49(31-35)52-41-22-10-20-37(43-24-12-26-45-39-18-6-8-28-50(39)55-53(43)45)47(41)32-48-38(21-11-23-42(48)52)44-25-13-27-46-40-19-7-9-29-51(40)56-54(44)46;1-2-12-33(13-3-1)37-28-34-14-4-5-15-40(34)49(29-37)54-45-20-10-18-38(35-24-26-43-41-16-6-8-22-50(41)55-52(43)30-35)47(45)32-48-39(19-11-21-46(48)54)36-25-27-44-42-17-7-9-23-51(42)56-53(44)31-36/h2*1-32H. The van der Waals surface area contributed by atoms with E-state index in [2.05, 4.69) is 352 Å². The predicted octanol–water partition coefficient (Wildman–Crippen LogP) is 31.2. The van der Waals surface area contributed by atoms with E-state index in [9.17, 15) is 0 Å². The van der Waals surface area contributed by atoms with Gasteiger partial charge in [0.05, 0.1) is 0 Å². The summed E-state index contributed by atoms with van der Waals surface area (Å²) in [5, 5.41) is 23.4. The maximum atomic E-state index is 6.67. The van der Waals surface area contributed by atoms with E-state index in [0.29, 0.717) is 0 Å². The van der Waals surface area contributed by atoms with Gasteiger partial charge in [-0.3, -0.25) is 0 Å². The van der Waals surface area contributed by atoms with Crippen LogP contribution in [0.1, 0.15) is 0 Å². The van der Waals surface area contributed by atoms with E-state index in [1.807, 2.05) is 36.4 Å². The minimum atomic E-state index is 0.892. The zero-order chi connectivity index (χ0) is 73.5. The molecule has 24 aromatic rings. The summed E-state index contributed by atoms with van der Waals surface area (Å²) in [6.45, 7) is 0. The molecule has 0 amide bonds. The van der Waals surface area contributed by atoms with Gasteiger partial charge >= 0.3 is 0 Å². The second-order valence-corrected chi connectivity index (χ2v) is 29.5. The van der Waals surface area contributed by atoms with Crippen LogP contribution in [-0.2, 0) is 0 Å².